The van der Waals surface area contributed by atoms with E-state index in [2.05, 4.69) is 16.4 Å². The molecule has 0 aliphatic heterocycles. The Labute approximate surface area is 88.9 Å². The standard InChI is InChI=1S/C11H13N3O/c1-13-11-9(8-4-10(8)15-2)3-7(5-12)6-14-11/h3,6,8,10H,4H2,1-2H3,(H,13,14)/t8?,10-/m1/s1. The molecule has 15 heavy (non-hydrogen) atoms. The normalized spacial score (nSPS) is 23.3. The van der Waals surface area contributed by atoms with Crippen LogP contribution in [0.25, 0.3) is 0 Å². The predicted molar refractivity (Wildman–Crippen MR) is 56.7 cm³/mol. The van der Waals surface area contributed by atoms with Crippen molar-refractivity contribution in [2.24, 2.45) is 0 Å². The van der Waals surface area contributed by atoms with Crippen LogP contribution in [0.2, 0.25) is 0 Å². The molecule has 1 aromatic rings. The third-order valence-electron chi connectivity index (χ3n) is 2.72. The van der Waals surface area contributed by atoms with Crippen LogP contribution in [0.4, 0.5) is 5.82 Å². The van der Waals surface area contributed by atoms with Crippen LogP contribution in [0.5, 0.6) is 0 Å². The molecule has 1 N–H and O–H groups in total. The molecule has 0 aromatic carbocycles. The van der Waals surface area contributed by atoms with Crippen molar-refractivity contribution < 1.29 is 4.74 Å². The summed E-state index contributed by atoms with van der Waals surface area (Å²) in [7, 11) is 3.55. The molecule has 0 bridgehead atoms. The number of hydrogen-bond donors (Lipinski definition) is 1. The van der Waals surface area contributed by atoms with E-state index in [-0.39, 0.29) is 6.10 Å². The van der Waals surface area contributed by atoms with Crippen molar-refractivity contribution >= 4 is 5.82 Å². The molecule has 0 saturated heterocycles. The molecule has 2 rings (SSSR count). The van der Waals surface area contributed by atoms with Gasteiger partial charge in [0.2, 0.25) is 0 Å². The molecular formula is C11H13N3O. The van der Waals surface area contributed by atoms with Gasteiger partial charge in [0.1, 0.15) is 11.9 Å². The molecule has 1 aromatic heterocycles. The van der Waals surface area contributed by atoms with Gasteiger partial charge in [0.25, 0.3) is 0 Å². The molecule has 1 aliphatic rings. The number of ether oxygens (including phenoxy) is 1. The minimum atomic E-state index is 0.285. The summed E-state index contributed by atoms with van der Waals surface area (Å²) >= 11 is 0. The quantitative estimate of drug-likeness (QED) is 0.808. The Kier molecular flexibility index (Phi) is 2.57. The van der Waals surface area contributed by atoms with Crippen molar-refractivity contribution in [2.75, 3.05) is 19.5 Å². The number of methoxy groups -OCH3 is 1. The Balaban J connectivity index is 2.32. The van der Waals surface area contributed by atoms with Crippen molar-refractivity contribution in [2.45, 2.75) is 18.4 Å². The fourth-order valence-corrected chi connectivity index (χ4v) is 1.79. The number of nitrogens with one attached hydrogen (secondary N) is 1. The molecule has 0 spiro atoms. The second kappa shape index (κ2) is 3.87. The number of nitrogens with zero attached hydrogens (tertiary/aromatic N) is 2. The van der Waals surface area contributed by atoms with Crippen LogP contribution in [-0.4, -0.2) is 25.2 Å². The number of rotatable bonds is 3. The molecule has 4 heteroatoms. The van der Waals surface area contributed by atoms with E-state index < -0.39 is 0 Å². The van der Waals surface area contributed by atoms with Crippen molar-refractivity contribution in [3.05, 3.63) is 23.4 Å². The Hall–Kier alpha value is -1.60. The van der Waals surface area contributed by atoms with Gasteiger partial charge in [-0.3, -0.25) is 0 Å². The maximum atomic E-state index is 8.81. The van der Waals surface area contributed by atoms with E-state index in [0.717, 1.165) is 17.8 Å². The monoisotopic (exact) mass is 203 g/mol. The van der Waals surface area contributed by atoms with Crippen molar-refractivity contribution in [1.82, 2.24) is 4.98 Å². The minimum Gasteiger partial charge on any atom is -0.381 e. The van der Waals surface area contributed by atoms with Crippen LogP contribution >= 0.6 is 0 Å². The Morgan fingerprint density at radius 3 is 3.00 bits per heavy atom. The molecule has 0 amide bonds. The van der Waals surface area contributed by atoms with Gasteiger partial charge in [-0.15, -0.1) is 0 Å². The van der Waals surface area contributed by atoms with E-state index in [1.54, 1.807) is 13.3 Å². The highest BCUT2D eigenvalue weighted by molar-refractivity contribution is 5.51. The second-order valence-electron chi connectivity index (χ2n) is 3.64. The van der Waals surface area contributed by atoms with Gasteiger partial charge in [-0.25, -0.2) is 4.98 Å². The molecular weight excluding hydrogens is 190 g/mol. The van der Waals surface area contributed by atoms with E-state index in [0.29, 0.717) is 11.5 Å². The first kappa shape index (κ1) is 9.94. The van der Waals surface area contributed by atoms with Gasteiger partial charge in [-0.1, -0.05) is 0 Å². The van der Waals surface area contributed by atoms with Gasteiger partial charge in [-0.2, -0.15) is 5.26 Å². The van der Waals surface area contributed by atoms with E-state index in [9.17, 15) is 0 Å². The third-order valence-corrected chi connectivity index (χ3v) is 2.72. The summed E-state index contributed by atoms with van der Waals surface area (Å²) < 4.78 is 5.26. The van der Waals surface area contributed by atoms with Crippen LogP contribution in [0.1, 0.15) is 23.5 Å². The predicted octanol–water partition coefficient (Wildman–Crippen LogP) is 1.50. The zero-order valence-corrected chi connectivity index (χ0v) is 8.82. The highest BCUT2D eigenvalue weighted by Crippen LogP contribution is 2.45. The lowest BCUT2D eigenvalue weighted by Crippen LogP contribution is -2.00. The number of anilines is 1. The first-order valence-electron chi connectivity index (χ1n) is 4.90. The van der Waals surface area contributed by atoms with Crippen molar-refractivity contribution in [1.29, 1.82) is 5.26 Å². The lowest BCUT2D eigenvalue weighted by atomic mass is 10.1. The smallest absolute Gasteiger partial charge is 0.129 e. The third kappa shape index (κ3) is 1.79. The van der Waals surface area contributed by atoms with Gasteiger partial charge in [0.05, 0.1) is 11.7 Å². The first-order valence-corrected chi connectivity index (χ1v) is 4.90. The van der Waals surface area contributed by atoms with Gasteiger partial charge < -0.3 is 10.1 Å². The highest BCUT2D eigenvalue weighted by atomic mass is 16.5. The fraction of sp³-hybridized carbons (Fsp3) is 0.455. The van der Waals surface area contributed by atoms with Crippen LogP contribution in [-0.2, 0) is 4.74 Å². The molecule has 1 fully saturated rings. The molecule has 1 aliphatic carbocycles. The highest BCUT2D eigenvalue weighted by Gasteiger charge is 2.40. The molecule has 1 unspecified atom stereocenters. The maximum Gasteiger partial charge on any atom is 0.129 e. The molecule has 78 valence electrons. The van der Waals surface area contributed by atoms with Gasteiger partial charge in [-0.05, 0) is 12.5 Å². The number of pyridine rings is 1. The van der Waals surface area contributed by atoms with Crippen LogP contribution in [0.3, 0.4) is 0 Å². The summed E-state index contributed by atoms with van der Waals surface area (Å²) in [6.07, 6.45) is 2.88. The summed E-state index contributed by atoms with van der Waals surface area (Å²) in [6, 6.07) is 3.99. The molecule has 1 saturated carbocycles. The summed E-state index contributed by atoms with van der Waals surface area (Å²) in [4.78, 5) is 4.21. The number of aromatic nitrogens is 1. The first-order chi connectivity index (χ1) is 7.30. The summed E-state index contributed by atoms with van der Waals surface area (Å²) in [6.45, 7) is 0. The minimum absolute atomic E-state index is 0.285. The SMILES string of the molecule is CNc1ncc(C#N)cc1C1C[C@H]1OC. The average Bonchev–Trinajstić information content (AvgIpc) is 3.07. The molecule has 2 atom stereocenters. The molecule has 1 heterocycles. The van der Waals surface area contributed by atoms with Gasteiger partial charge >= 0.3 is 0 Å². The van der Waals surface area contributed by atoms with Crippen molar-refractivity contribution in [3.8, 4) is 6.07 Å². The largest absolute Gasteiger partial charge is 0.381 e. The lowest BCUT2D eigenvalue weighted by Gasteiger charge is -2.07. The Morgan fingerprint density at radius 2 is 2.47 bits per heavy atom. The van der Waals surface area contributed by atoms with Crippen LogP contribution in [0, 0.1) is 11.3 Å². The zero-order chi connectivity index (χ0) is 10.8. The lowest BCUT2D eigenvalue weighted by molar-refractivity contribution is 0.178. The van der Waals surface area contributed by atoms with E-state index in [1.807, 2.05) is 13.1 Å². The molecule has 0 radical (unpaired) electrons. The fourth-order valence-electron chi connectivity index (χ4n) is 1.79. The van der Waals surface area contributed by atoms with Crippen molar-refractivity contribution in [3.63, 3.8) is 0 Å². The van der Waals surface area contributed by atoms with E-state index in [4.69, 9.17) is 10.00 Å². The number of hydrogen-bond acceptors (Lipinski definition) is 4. The van der Waals surface area contributed by atoms with Crippen LogP contribution in [0.15, 0.2) is 12.3 Å². The summed E-state index contributed by atoms with van der Waals surface area (Å²) in [5.74, 6) is 1.23. The topological polar surface area (TPSA) is 57.9 Å². The van der Waals surface area contributed by atoms with Gasteiger partial charge in [0.15, 0.2) is 0 Å². The van der Waals surface area contributed by atoms with E-state index >= 15 is 0 Å². The Morgan fingerprint density at radius 1 is 1.67 bits per heavy atom. The Bertz CT molecular complexity index is 411. The second-order valence-corrected chi connectivity index (χ2v) is 3.64. The summed E-state index contributed by atoms with van der Waals surface area (Å²) in [5.41, 5.74) is 1.69. The van der Waals surface area contributed by atoms with Crippen LogP contribution < -0.4 is 5.32 Å². The number of nitriles is 1. The maximum absolute atomic E-state index is 8.81. The van der Waals surface area contributed by atoms with E-state index in [1.165, 1.54) is 0 Å². The average molecular weight is 203 g/mol. The zero-order valence-electron chi connectivity index (χ0n) is 8.82. The van der Waals surface area contributed by atoms with Gasteiger partial charge in [0, 0.05) is 31.8 Å². The molecule has 4 nitrogen and oxygen atoms in total. The summed E-state index contributed by atoms with van der Waals surface area (Å²) in [5, 5.41) is 11.8.